The molecule has 122 valence electrons. The number of hydrogen-bond donors (Lipinski definition) is 1. The number of nitrogens with one attached hydrogen (secondary N) is 1. The maximum absolute atomic E-state index is 12.0. The molecular weight excluding hydrogens is 424 g/mol. The summed E-state index contributed by atoms with van der Waals surface area (Å²) in [5.74, 6) is -0.355. The Hall–Kier alpha value is -1.11. The van der Waals surface area contributed by atoms with E-state index in [9.17, 15) is 4.79 Å². The smallest absolute Gasteiger partial charge is 0.313 e. The summed E-state index contributed by atoms with van der Waals surface area (Å²) >= 11 is 3.65. The Balaban J connectivity index is 0.00000156. The van der Waals surface area contributed by atoms with Gasteiger partial charge in [0.05, 0.1) is 17.6 Å². The van der Waals surface area contributed by atoms with E-state index in [-0.39, 0.29) is 28.9 Å². The van der Waals surface area contributed by atoms with Crippen molar-refractivity contribution < 1.29 is 9.53 Å². The van der Waals surface area contributed by atoms with Gasteiger partial charge in [0.2, 0.25) is 0 Å². The third-order valence-electron chi connectivity index (χ3n) is 4.84. The molecule has 1 aromatic carbocycles. The van der Waals surface area contributed by atoms with E-state index in [1.165, 1.54) is 29.2 Å². The van der Waals surface area contributed by atoms with E-state index in [0.717, 1.165) is 16.5 Å². The lowest BCUT2D eigenvalue weighted by Gasteiger charge is -2.39. The number of benzene rings is 1. The number of hydrogen-bond acceptors (Lipinski definition) is 3. The fourth-order valence-corrected chi connectivity index (χ4v) is 4.37. The number of methoxy groups -OCH3 is 1. The summed E-state index contributed by atoms with van der Waals surface area (Å²) in [7, 11) is 3.54. The molecule has 0 unspecified atom stereocenters. The van der Waals surface area contributed by atoms with Crippen molar-refractivity contribution >= 4 is 55.4 Å². The number of nitrogens with zero attached hydrogens (tertiary/aromatic N) is 1. The number of halogens is 2. The van der Waals surface area contributed by atoms with Crippen molar-refractivity contribution in [3.63, 3.8) is 0 Å². The van der Waals surface area contributed by atoms with Crippen LogP contribution in [0, 0.1) is 5.92 Å². The zero-order valence-electron chi connectivity index (χ0n) is 12.9. The first-order valence-corrected chi connectivity index (χ1v) is 8.18. The third-order valence-corrected chi connectivity index (χ3v) is 5.52. The van der Waals surface area contributed by atoms with Crippen LogP contribution in [0.4, 0.5) is 0 Å². The molecule has 1 aliphatic heterocycles. The Morgan fingerprint density at radius 1 is 1.43 bits per heavy atom. The Labute approximate surface area is 153 Å². The van der Waals surface area contributed by atoms with Crippen molar-refractivity contribution in [1.29, 1.82) is 0 Å². The lowest BCUT2D eigenvalue weighted by Crippen LogP contribution is -2.44. The van der Waals surface area contributed by atoms with E-state index in [4.69, 9.17) is 4.74 Å². The number of carbonyl (C=O) groups is 1. The highest BCUT2D eigenvalue weighted by Gasteiger charge is 2.36. The van der Waals surface area contributed by atoms with Crippen LogP contribution in [0.15, 0.2) is 28.9 Å². The standard InChI is InChI=1S/C17H17BrN2O2.BrH/c1-20-8-9(17(21)22-2)6-11-10-4-3-5-13-15(10)12(7-14(11)20)16(18)19-13;/h3-6,9,14,19H,7-8H2,1-2H3;1H/t9-,14-;/m1./s1. The summed E-state index contributed by atoms with van der Waals surface area (Å²) in [6.45, 7) is 0.703. The zero-order chi connectivity index (χ0) is 15.4. The number of H-pyrrole nitrogens is 1. The first kappa shape index (κ1) is 16.7. The van der Waals surface area contributed by atoms with E-state index in [0.29, 0.717) is 12.6 Å². The number of aromatic amines is 1. The zero-order valence-corrected chi connectivity index (χ0v) is 16.2. The lowest BCUT2D eigenvalue weighted by molar-refractivity contribution is -0.144. The lowest BCUT2D eigenvalue weighted by atomic mass is 9.80. The van der Waals surface area contributed by atoms with Crippen LogP contribution in [-0.4, -0.2) is 42.6 Å². The summed E-state index contributed by atoms with van der Waals surface area (Å²) < 4.78 is 6.01. The first-order valence-electron chi connectivity index (χ1n) is 7.39. The number of rotatable bonds is 1. The summed E-state index contributed by atoms with van der Waals surface area (Å²) in [6.07, 6.45) is 3.06. The molecule has 0 amide bonds. The van der Waals surface area contributed by atoms with Gasteiger partial charge in [0.15, 0.2) is 0 Å². The molecule has 2 atom stereocenters. The SMILES string of the molecule is Br.COC(=O)[C@@H]1C=C2c3cccc4[nH]c(Br)c(c34)C[C@H]2N(C)C1. The van der Waals surface area contributed by atoms with Gasteiger partial charge in [-0.15, -0.1) is 17.0 Å². The summed E-state index contributed by atoms with van der Waals surface area (Å²) in [5, 5.41) is 1.27. The highest BCUT2D eigenvalue weighted by molar-refractivity contribution is 9.10. The normalized spacial score (nSPS) is 23.0. The molecular formula is C17H18Br2N2O2. The molecule has 23 heavy (non-hydrogen) atoms. The van der Waals surface area contributed by atoms with Gasteiger partial charge in [0.1, 0.15) is 0 Å². The molecule has 1 aromatic heterocycles. The molecule has 4 nitrogen and oxygen atoms in total. The van der Waals surface area contributed by atoms with Crippen LogP contribution in [0.2, 0.25) is 0 Å². The van der Waals surface area contributed by atoms with Gasteiger partial charge in [-0.25, -0.2) is 0 Å². The monoisotopic (exact) mass is 440 g/mol. The molecule has 1 N–H and O–H groups in total. The Bertz CT molecular complexity index is 812. The third kappa shape index (κ3) is 2.47. The van der Waals surface area contributed by atoms with Gasteiger partial charge in [-0.3, -0.25) is 9.69 Å². The number of carbonyl (C=O) groups excluding carboxylic acids is 1. The summed E-state index contributed by atoms with van der Waals surface area (Å²) in [5.41, 5.74) is 4.94. The fourth-order valence-electron chi connectivity index (χ4n) is 3.80. The Morgan fingerprint density at radius 2 is 2.22 bits per heavy atom. The Morgan fingerprint density at radius 3 is 2.96 bits per heavy atom. The molecule has 1 aliphatic carbocycles. The molecule has 0 bridgehead atoms. The van der Waals surface area contributed by atoms with Crippen LogP contribution in [0.3, 0.4) is 0 Å². The van der Waals surface area contributed by atoms with Crippen molar-refractivity contribution in [2.75, 3.05) is 20.7 Å². The second kappa shape index (κ2) is 6.07. The largest absolute Gasteiger partial charge is 0.469 e. The number of fused-ring (bicyclic) bond motifs is 2. The number of ether oxygens (including phenoxy) is 1. The first-order chi connectivity index (χ1) is 10.6. The second-order valence-corrected chi connectivity index (χ2v) is 6.85. The van der Waals surface area contributed by atoms with Crippen molar-refractivity contribution in [2.45, 2.75) is 12.5 Å². The van der Waals surface area contributed by atoms with Gasteiger partial charge >= 0.3 is 5.97 Å². The topological polar surface area (TPSA) is 45.3 Å². The minimum Gasteiger partial charge on any atom is -0.469 e. The highest BCUT2D eigenvalue weighted by atomic mass is 79.9. The molecule has 0 radical (unpaired) electrons. The Kier molecular flexibility index (Phi) is 4.42. The molecule has 2 aliphatic rings. The van der Waals surface area contributed by atoms with Gasteiger partial charge in [0.25, 0.3) is 0 Å². The average molecular weight is 442 g/mol. The van der Waals surface area contributed by atoms with Crippen LogP contribution in [0.1, 0.15) is 11.1 Å². The van der Waals surface area contributed by atoms with Crippen molar-refractivity contribution in [2.24, 2.45) is 5.92 Å². The van der Waals surface area contributed by atoms with Crippen LogP contribution in [0.5, 0.6) is 0 Å². The van der Waals surface area contributed by atoms with Gasteiger partial charge in [-0.05, 0) is 52.2 Å². The van der Waals surface area contributed by atoms with Crippen LogP contribution >= 0.6 is 32.9 Å². The van der Waals surface area contributed by atoms with Crippen molar-refractivity contribution in [3.05, 3.63) is 40.0 Å². The second-order valence-electron chi connectivity index (χ2n) is 6.06. The average Bonchev–Trinajstić information content (AvgIpc) is 2.84. The van der Waals surface area contributed by atoms with Gasteiger partial charge < -0.3 is 9.72 Å². The molecule has 4 rings (SSSR count). The minimum absolute atomic E-state index is 0. The van der Waals surface area contributed by atoms with E-state index in [1.54, 1.807) is 0 Å². The van der Waals surface area contributed by atoms with Crippen LogP contribution < -0.4 is 0 Å². The van der Waals surface area contributed by atoms with E-state index in [2.05, 4.69) is 57.1 Å². The molecule has 0 saturated carbocycles. The fraction of sp³-hybridized carbons (Fsp3) is 0.353. The predicted octanol–water partition coefficient (Wildman–Crippen LogP) is 3.55. The minimum atomic E-state index is -0.194. The number of aromatic nitrogens is 1. The highest BCUT2D eigenvalue weighted by Crippen LogP contribution is 2.43. The predicted molar refractivity (Wildman–Crippen MR) is 99.9 cm³/mol. The maximum Gasteiger partial charge on any atom is 0.313 e. The van der Waals surface area contributed by atoms with Crippen LogP contribution in [-0.2, 0) is 16.0 Å². The number of likely N-dealkylation sites (N-methyl/N-ethyl adjacent to an activating group) is 1. The van der Waals surface area contributed by atoms with E-state index >= 15 is 0 Å². The summed E-state index contributed by atoms with van der Waals surface area (Å²) in [4.78, 5) is 17.6. The van der Waals surface area contributed by atoms with Crippen LogP contribution in [0.25, 0.3) is 16.5 Å². The summed E-state index contributed by atoms with van der Waals surface area (Å²) in [6, 6.07) is 6.62. The van der Waals surface area contributed by atoms with Gasteiger partial charge in [0, 0.05) is 23.5 Å². The maximum atomic E-state index is 12.0. The molecule has 0 fully saturated rings. The molecule has 0 spiro atoms. The molecule has 0 saturated heterocycles. The number of esters is 1. The molecule has 2 heterocycles. The van der Waals surface area contributed by atoms with E-state index in [1.807, 2.05) is 0 Å². The molecule has 2 aromatic rings. The van der Waals surface area contributed by atoms with E-state index < -0.39 is 0 Å². The van der Waals surface area contributed by atoms with Gasteiger partial charge in [-0.2, -0.15) is 0 Å². The van der Waals surface area contributed by atoms with Crippen molar-refractivity contribution in [3.8, 4) is 0 Å². The quantitative estimate of drug-likeness (QED) is 0.688. The van der Waals surface area contributed by atoms with Gasteiger partial charge in [-0.1, -0.05) is 18.2 Å². The van der Waals surface area contributed by atoms with Crippen molar-refractivity contribution in [1.82, 2.24) is 9.88 Å². The molecule has 6 heteroatoms.